The maximum absolute atomic E-state index is 12.3. The van der Waals surface area contributed by atoms with E-state index in [1.807, 2.05) is 6.92 Å². The summed E-state index contributed by atoms with van der Waals surface area (Å²) in [5, 5.41) is 14.6. The Bertz CT molecular complexity index is 789. The second-order valence-electron chi connectivity index (χ2n) is 6.10. The standard InChI is InChI=1S/C18H23N5O3S/c1-2-15-21-22-18(27-15)17(25)20-14-5-3-4-13(12-14)16(24)19-6-7-23-8-10-26-11-9-23/h3-5,12H,2,6-11H2,1H3,(H,19,24)(H,20,25). The van der Waals surface area contributed by atoms with Gasteiger partial charge < -0.3 is 15.4 Å². The van der Waals surface area contributed by atoms with Gasteiger partial charge in [-0.1, -0.05) is 24.3 Å². The van der Waals surface area contributed by atoms with Crippen LogP contribution in [0.2, 0.25) is 0 Å². The SMILES string of the molecule is CCc1nnc(C(=O)Nc2cccc(C(=O)NCCN3CCOCC3)c2)s1. The normalized spacial score (nSPS) is 14.7. The van der Waals surface area contributed by atoms with Crippen molar-refractivity contribution in [1.82, 2.24) is 20.4 Å². The number of nitrogens with one attached hydrogen (secondary N) is 2. The fourth-order valence-electron chi connectivity index (χ4n) is 2.67. The molecule has 27 heavy (non-hydrogen) atoms. The van der Waals surface area contributed by atoms with E-state index in [0.717, 1.165) is 44.3 Å². The molecule has 8 nitrogen and oxygen atoms in total. The molecule has 2 N–H and O–H groups in total. The molecule has 0 bridgehead atoms. The van der Waals surface area contributed by atoms with Crippen LogP contribution >= 0.6 is 11.3 Å². The highest BCUT2D eigenvalue weighted by molar-refractivity contribution is 7.13. The van der Waals surface area contributed by atoms with Crippen LogP contribution in [0.15, 0.2) is 24.3 Å². The number of hydrogen-bond donors (Lipinski definition) is 2. The third-order valence-electron chi connectivity index (χ3n) is 4.16. The van der Waals surface area contributed by atoms with Crippen LogP contribution in [0, 0.1) is 0 Å². The summed E-state index contributed by atoms with van der Waals surface area (Å²) in [6.45, 7) is 6.59. The molecule has 0 saturated carbocycles. The minimum Gasteiger partial charge on any atom is -0.379 e. The van der Waals surface area contributed by atoms with Crippen molar-refractivity contribution in [1.29, 1.82) is 0 Å². The van der Waals surface area contributed by atoms with Crippen molar-refractivity contribution in [2.45, 2.75) is 13.3 Å². The highest BCUT2D eigenvalue weighted by Crippen LogP contribution is 2.15. The van der Waals surface area contributed by atoms with E-state index >= 15 is 0 Å². The molecule has 1 fully saturated rings. The van der Waals surface area contributed by atoms with Gasteiger partial charge in [-0.3, -0.25) is 14.5 Å². The maximum Gasteiger partial charge on any atom is 0.286 e. The molecule has 1 saturated heterocycles. The molecule has 0 unspecified atom stereocenters. The Morgan fingerprint density at radius 3 is 2.78 bits per heavy atom. The number of amides is 2. The van der Waals surface area contributed by atoms with E-state index in [1.165, 1.54) is 11.3 Å². The summed E-state index contributed by atoms with van der Waals surface area (Å²) in [7, 11) is 0. The third kappa shape index (κ3) is 5.56. The predicted molar refractivity (Wildman–Crippen MR) is 103 cm³/mol. The molecule has 0 spiro atoms. The molecule has 1 aliphatic heterocycles. The second kappa shape index (κ2) is 9.54. The molecule has 2 amide bonds. The Labute approximate surface area is 161 Å². The van der Waals surface area contributed by atoms with Gasteiger partial charge in [0.05, 0.1) is 13.2 Å². The largest absolute Gasteiger partial charge is 0.379 e. The molecule has 0 aliphatic carbocycles. The molecular weight excluding hydrogens is 366 g/mol. The van der Waals surface area contributed by atoms with Crippen molar-refractivity contribution in [3.63, 3.8) is 0 Å². The number of anilines is 1. The zero-order chi connectivity index (χ0) is 19.1. The van der Waals surface area contributed by atoms with E-state index in [4.69, 9.17) is 4.74 Å². The molecule has 0 atom stereocenters. The number of carbonyl (C=O) groups is 2. The minimum absolute atomic E-state index is 0.163. The molecule has 2 heterocycles. The molecule has 144 valence electrons. The summed E-state index contributed by atoms with van der Waals surface area (Å²) in [4.78, 5) is 26.9. The summed E-state index contributed by atoms with van der Waals surface area (Å²) >= 11 is 1.27. The predicted octanol–water partition coefficient (Wildman–Crippen LogP) is 1.41. The van der Waals surface area contributed by atoms with Gasteiger partial charge in [-0.25, -0.2) is 0 Å². The number of aromatic nitrogens is 2. The minimum atomic E-state index is -0.322. The van der Waals surface area contributed by atoms with Gasteiger partial charge in [-0.2, -0.15) is 0 Å². The zero-order valence-corrected chi connectivity index (χ0v) is 16.1. The molecule has 1 aliphatic rings. The van der Waals surface area contributed by atoms with Gasteiger partial charge in [0.2, 0.25) is 5.01 Å². The molecule has 1 aromatic carbocycles. The van der Waals surface area contributed by atoms with E-state index in [1.54, 1.807) is 24.3 Å². The zero-order valence-electron chi connectivity index (χ0n) is 15.2. The van der Waals surface area contributed by atoms with Crippen molar-refractivity contribution < 1.29 is 14.3 Å². The quantitative estimate of drug-likeness (QED) is 0.743. The van der Waals surface area contributed by atoms with E-state index in [2.05, 4.69) is 25.7 Å². The van der Waals surface area contributed by atoms with Crippen LogP contribution in [0.5, 0.6) is 0 Å². The van der Waals surface area contributed by atoms with Crippen molar-refractivity contribution >= 4 is 28.8 Å². The van der Waals surface area contributed by atoms with E-state index in [0.29, 0.717) is 22.8 Å². The molecular formula is C18H23N5O3S. The first-order chi connectivity index (χ1) is 13.2. The first-order valence-electron chi connectivity index (χ1n) is 8.98. The van der Waals surface area contributed by atoms with Crippen molar-refractivity contribution in [3.8, 4) is 0 Å². The Morgan fingerprint density at radius 2 is 2.04 bits per heavy atom. The van der Waals surface area contributed by atoms with Crippen molar-refractivity contribution in [2.24, 2.45) is 0 Å². The van der Waals surface area contributed by atoms with Crippen LogP contribution in [0.4, 0.5) is 5.69 Å². The van der Waals surface area contributed by atoms with Gasteiger partial charge >= 0.3 is 0 Å². The van der Waals surface area contributed by atoms with Crippen LogP contribution < -0.4 is 10.6 Å². The monoisotopic (exact) mass is 389 g/mol. The van der Waals surface area contributed by atoms with Crippen LogP contribution in [0.3, 0.4) is 0 Å². The Balaban J connectivity index is 1.52. The smallest absolute Gasteiger partial charge is 0.286 e. The number of nitrogens with zero attached hydrogens (tertiary/aromatic N) is 3. The fourth-order valence-corrected chi connectivity index (χ4v) is 3.34. The lowest BCUT2D eigenvalue weighted by atomic mass is 10.2. The molecule has 1 aromatic heterocycles. The Hall–Kier alpha value is -2.36. The van der Waals surface area contributed by atoms with Gasteiger partial charge in [0, 0.05) is 37.4 Å². The van der Waals surface area contributed by atoms with E-state index in [-0.39, 0.29) is 11.8 Å². The number of carbonyl (C=O) groups excluding carboxylic acids is 2. The Kier molecular flexibility index (Phi) is 6.86. The lowest BCUT2D eigenvalue weighted by Gasteiger charge is -2.26. The lowest BCUT2D eigenvalue weighted by molar-refractivity contribution is 0.0383. The number of aryl methyl sites for hydroxylation is 1. The molecule has 3 rings (SSSR count). The number of ether oxygens (including phenoxy) is 1. The van der Waals surface area contributed by atoms with Crippen LogP contribution in [0.25, 0.3) is 0 Å². The van der Waals surface area contributed by atoms with E-state index in [9.17, 15) is 9.59 Å². The third-order valence-corrected chi connectivity index (χ3v) is 5.23. The van der Waals surface area contributed by atoms with Gasteiger partial charge in [0.1, 0.15) is 5.01 Å². The summed E-state index contributed by atoms with van der Waals surface area (Å²) < 4.78 is 5.31. The first kappa shape index (κ1) is 19.4. The molecule has 2 aromatic rings. The topological polar surface area (TPSA) is 96.5 Å². The first-order valence-corrected chi connectivity index (χ1v) is 9.79. The van der Waals surface area contributed by atoms with Crippen LogP contribution in [0.1, 0.15) is 32.1 Å². The van der Waals surface area contributed by atoms with Crippen LogP contribution in [-0.4, -0.2) is 66.3 Å². The summed E-state index contributed by atoms with van der Waals surface area (Å²) in [6.07, 6.45) is 0.741. The lowest BCUT2D eigenvalue weighted by Crippen LogP contribution is -2.41. The second-order valence-corrected chi connectivity index (χ2v) is 7.16. The highest BCUT2D eigenvalue weighted by atomic mass is 32.1. The number of hydrogen-bond acceptors (Lipinski definition) is 7. The van der Waals surface area contributed by atoms with Gasteiger partial charge in [0.25, 0.3) is 11.8 Å². The van der Waals surface area contributed by atoms with Gasteiger partial charge in [-0.15, -0.1) is 10.2 Å². The number of morpholine rings is 1. The average molecular weight is 389 g/mol. The number of rotatable bonds is 7. The summed E-state index contributed by atoms with van der Waals surface area (Å²) in [5.41, 5.74) is 1.05. The molecule has 0 radical (unpaired) electrons. The highest BCUT2D eigenvalue weighted by Gasteiger charge is 2.14. The van der Waals surface area contributed by atoms with Gasteiger partial charge in [-0.05, 0) is 24.6 Å². The van der Waals surface area contributed by atoms with E-state index < -0.39 is 0 Å². The summed E-state index contributed by atoms with van der Waals surface area (Å²) in [5.74, 6) is -0.486. The van der Waals surface area contributed by atoms with Gasteiger partial charge in [0.15, 0.2) is 0 Å². The average Bonchev–Trinajstić information content (AvgIpc) is 3.18. The fraction of sp³-hybridized carbons (Fsp3) is 0.444. The van der Waals surface area contributed by atoms with Crippen molar-refractivity contribution in [2.75, 3.05) is 44.7 Å². The number of benzene rings is 1. The Morgan fingerprint density at radius 1 is 1.22 bits per heavy atom. The van der Waals surface area contributed by atoms with Crippen LogP contribution in [-0.2, 0) is 11.2 Å². The summed E-state index contributed by atoms with van der Waals surface area (Å²) in [6, 6.07) is 6.86. The van der Waals surface area contributed by atoms with Crippen molar-refractivity contribution in [3.05, 3.63) is 39.8 Å². The molecule has 9 heteroatoms. The maximum atomic E-state index is 12.3.